The number of nitrogens with zero attached hydrogens (tertiary/aromatic N) is 3. The molecule has 2 aromatic carbocycles. The quantitative estimate of drug-likeness (QED) is 0.680. The van der Waals surface area contributed by atoms with Crippen LogP contribution in [0.1, 0.15) is 16.7 Å². The zero-order chi connectivity index (χ0) is 18.6. The van der Waals surface area contributed by atoms with E-state index in [9.17, 15) is 4.79 Å². The normalized spacial score (nSPS) is 16.6. The van der Waals surface area contributed by atoms with Gasteiger partial charge in [0.25, 0.3) is 5.91 Å². The van der Waals surface area contributed by atoms with Crippen molar-refractivity contribution in [1.82, 2.24) is 14.8 Å². The molecule has 1 fully saturated rings. The number of thiazole rings is 1. The van der Waals surface area contributed by atoms with E-state index >= 15 is 0 Å². The van der Waals surface area contributed by atoms with Crippen molar-refractivity contribution in [2.75, 3.05) is 33.3 Å². The van der Waals surface area contributed by atoms with Gasteiger partial charge in [0.15, 0.2) is 6.10 Å². The van der Waals surface area contributed by atoms with Gasteiger partial charge in [0.05, 0.1) is 16.8 Å². The Labute approximate surface area is 163 Å². The van der Waals surface area contributed by atoms with Gasteiger partial charge < -0.3 is 9.64 Å². The zero-order valence-corrected chi connectivity index (χ0v) is 16.2. The molecule has 0 saturated carbocycles. The summed E-state index contributed by atoms with van der Waals surface area (Å²) >= 11 is 1.75. The van der Waals surface area contributed by atoms with E-state index in [1.165, 1.54) is 4.70 Å². The number of hydrogen-bond acceptors (Lipinski definition) is 5. The molecule has 1 atom stereocenters. The maximum atomic E-state index is 12.9. The van der Waals surface area contributed by atoms with Crippen LogP contribution >= 0.6 is 11.3 Å². The van der Waals surface area contributed by atoms with Crippen LogP contribution in [0, 0.1) is 0 Å². The van der Waals surface area contributed by atoms with Crippen LogP contribution in [0.5, 0.6) is 0 Å². The molecule has 0 bridgehead atoms. The van der Waals surface area contributed by atoms with E-state index in [0.29, 0.717) is 0 Å². The number of fused-ring (bicyclic) bond motifs is 1. The maximum Gasteiger partial charge on any atom is 0.256 e. The lowest BCUT2D eigenvalue weighted by molar-refractivity contribution is -0.144. The van der Waals surface area contributed by atoms with E-state index in [1.54, 1.807) is 18.4 Å². The SMILES string of the molecule is COC(C(=O)N1CCN(Cc2nc3ccccc3s2)CC1)c1ccccc1. The van der Waals surface area contributed by atoms with Crippen LogP contribution in [-0.2, 0) is 16.1 Å². The molecule has 1 aliphatic rings. The van der Waals surface area contributed by atoms with Gasteiger partial charge in [-0.05, 0) is 17.7 Å². The third kappa shape index (κ3) is 4.03. The first kappa shape index (κ1) is 18.1. The standard InChI is InChI=1S/C21H23N3O2S/c1-26-20(16-7-3-2-4-8-16)21(25)24-13-11-23(12-14-24)15-19-22-17-9-5-6-10-18(17)27-19/h2-10,20H,11-15H2,1H3. The van der Waals surface area contributed by atoms with Crippen LogP contribution < -0.4 is 0 Å². The van der Waals surface area contributed by atoms with Gasteiger partial charge in [0.1, 0.15) is 5.01 Å². The molecular weight excluding hydrogens is 358 g/mol. The number of amides is 1. The van der Waals surface area contributed by atoms with Crippen molar-refractivity contribution in [3.05, 3.63) is 65.2 Å². The zero-order valence-electron chi connectivity index (χ0n) is 15.4. The van der Waals surface area contributed by atoms with Crippen molar-refractivity contribution in [1.29, 1.82) is 0 Å². The fraction of sp³-hybridized carbons (Fsp3) is 0.333. The first-order chi connectivity index (χ1) is 13.2. The molecule has 5 nitrogen and oxygen atoms in total. The molecule has 0 spiro atoms. The molecule has 6 heteroatoms. The van der Waals surface area contributed by atoms with Crippen LogP contribution in [0.4, 0.5) is 0 Å². The number of rotatable bonds is 5. The Kier molecular flexibility index (Phi) is 5.48. The molecule has 1 amide bonds. The Morgan fingerprint density at radius 3 is 2.48 bits per heavy atom. The molecular formula is C21H23N3O2S. The summed E-state index contributed by atoms with van der Waals surface area (Å²) in [5.41, 5.74) is 1.97. The Morgan fingerprint density at radius 2 is 1.78 bits per heavy atom. The summed E-state index contributed by atoms with van der Waals surface area (Å²) < 4.78 is 6.72. The maximum absolute atomic E-state index is 12.9. The second-order valence-corrected chi connectivity index (χ2v) is 7.82. The van der Waals surface area contributed by atoms with E-state index < -0.39 is 6.10 Å². The predicted octanol–water partition coefficient (Wildman–Crippen LogP) is 3.33. The first-order valence-corrected chi connectivity index (χ1v) is 9.99. The van der Waals surface area contributed by atoms with Crippen molar-refractivity contribution >= 4 is 27.5 Å². The van der Waals surface area contributed by atoms with E-state index in [0.717, 1.165) is 48.8 Å². The summed E-state index contributed by atoms with van der Waals surface area (Å²) in [7, 11) is 1.60. The molecule has 0 aliphatic carbocycles. The van der Waals surface area contributed by atoms with Gasteiger partial charge in [-0.1, -0.05) is 42.5 Å². The molecule has 1 unspecified atom stereocenters. The average molecular weight is 382 g/mol. The van der Waals surface area contributed by atoms with Gasteiger partial charge in [-0.15, -0.1) is 11.3 Å². The van der Waals surface area contributed by atoms with E-state index in [4.69, 9.17) is 9.72 Å². The van der Waals surface area contributed by atoms with Crippen LogP contribution in [-0.4, -0.2) is 54.0 Å². The Bertz CT molecular complexity index is 871. The molecule has 27 heavy (non-hydrogen) atoms. The average Bonchev–Trinajstić information content (AvgIpc) is 3.12. The van der Waals surface area contributed by atoms with E-state index in [1.807, 2.05) is 47.4 Å². The largest absolute Gasteiger partial charge is 0.367 e. The molecule has 1 aromatic heterocycles. The number of carbonyl (C=O) groups is 1. The second-order valence-electron chi connectivity index (χ2n) is 6.70. The molecule has 4 rings (SSSR count). The van der Waals surface area contributed by atoms with Crippen molar-refractivity contribution in [3.63, 3.8) is 0 Å². The van der Waals surface area contributed by atoms with Crippen molar-refractivity contribution in [3.8, 4) is 0 Å². The van der Waals surface area contributed by atoms with E-state index in [2.05, 4.69) is 17.0 Å². The number of hydrogen-bond donors (Lipinski definition) is 0. The Morgan fingerprint density at radius 1 is 1.07 bits per heavy atom. The fourth-order valence-corrected chi connectivity index (χ4v) is 4.49. The Balaban J connectivity index is 1.36. The number of benzene rings is 2. The molecule has 0 N–H and O–H groups in total. The van der Waals surface area contributed by atoms with Crippen LogP contribution in [0.15, 0.2) is 54.6 Å². The highest BCUT2D eigenvalue weighted by atomic mass is 32.1. The minimum atomic E-state index is -0.526. The lowest BCUT2D eigenvalue weighted by Gasteiger charge is -2.35. The second kappa shape index (κ2) is 8.17. The third-order valence-corrected chi connectivity index (χ3v) is 5.96. The summed E-state index contributed by atoms with van der Waals surface area (Å²) in [5, 5.41) is 1.13. The van der Waals surface area contributed by atoms with Gasteiger partial charge in [0, 0.05) is 33.3 Å². The summed E-state index contributed by atoms with van der Waals surface area (Å²) in [6.45, 7) is 3.99. The fourth-order valence-electron chi connectivity index (χ4n) is 3.48. The highest BCUT2D eigenvalue weighted by molar-refractivity contribution is 7.18. The number of piperazine rings is 1. The number of carbonyl (C=O) groups excluding carboxylic acids is 1. The van der Waals surface area contributed by atoms with Gasteiger partial charge >= 0.3 is 0 Å². The minimum Gasteiger partial charge on any atom is -0.367 e. The highest BCUT2D eigenvalue weighted by Crippen LogP contribution is 2.24. The summed E-state index contributed by atoms with van der Waals surface area (Å²) in [5.74, 6) is 0.0448. The van der Waals surface area contributed by atoms with Crippen LogP contribution in [0.3, 0.4) is 0 Å². The molecule has 0 radical (unpaired) electrons. The number of methoxy groups -OCH3 is 1. The predicted molar refractivity (Wildman–Crippen MR) is 108 cm³/mol. The third-order valence-electron chi connectivity index (χ3n) is 4.94. The Hall–Kier alpha value is -2.28. The molecule has 1 saturated heterocycles. The smallest absolute Gasteiger partial charge is 0.256 e. The lowest BCUT2D eigenvalue weighted by atomic mass is 10.1. The monoisotopic (exact) mass is 381 g/mol. The van der Waals surface area contributed by atoms with Crippen molar-refractivity contribution in [2.24, 2.45) is 0 Å². The number of para-hydroxylation sites is 1. The highest BCUT2D eigenvalue weighted by Gasteiger charge is 2.28. The van der Waals surface area contributed by atoms with Crippen molar-refractivity contribution in [2.45, 2.75) is 12.6 Å². The van der Waals surface area contributed by atoms with Gasteiger partial charge in [-0.2, -0.15) is 0 Å². The van der Waals surface area contributed by atoms with Gasteiger partial charge in [-0.25, -0.2) is 4.98 Å². The van der Waals surface area contributed by atoms with Gasteiger partial charge in [0.2, 0.25) is 0 Å². The lowest BCUT2D eigenvalue weighted by Crippen LogP contribution is -2.49. The topological polar surface area (TPSA) is 45.7 Å². The summed E-state index contributed by atoms with van der Waals surface area (Å²) in [6.07, 6.45) is -0.526. The molecule has 140 valence electrons. The molecule has 1 aliphatic heterocycles. The number of aromatic nitrogens is 1. The minimum absolute atomic E-state index is 0.0448. The van der Waals surface area contributed by atoms with Crippen LogP contribution in [0.25, 0.3) is 10.2 Å². The van der Waals surface area contributed by atoms with Crippen LogP contribution in [0.2, 0.25) is 0 Å². The van der Waals surface area contributed by atoms with Crippen molar-refractivity contribution < 1.29 is 9.53 Å². The molecule has 2 heterocycles. The first-order valence-electron chi connectivity index (χ1n) is 9.18. The number of ether oxygens (including phenoxy) is 1. The van der Waals surface area contributed by atoms with Gasteiger partial charge in [-0.3, -0.25) is 9.69 Å². The molecule has 3 aromatic rings. The summed E-state index contributed by atoms with van der Waals surface area (Å²) in [6, 6.07) is 17.9. The van der Waals surface area contributed by atoms with E-state index in [-0.39, 0.29) is 5.91 Å². The summed E-state index contributed by atoms with van der Waals surface area (Å²) in [4.78, 5) is 21.9.